The van der Waals surface area contributed by atoms with Gasteiger partial charge in [-0.2, -0.15) is 9.61 Å². The number of methoxy groups -OCH3 is 1. The molecule has 0 saturated heterocycles. The second-order valence-corrected chi connectivity index (χ2v) is 8.03. The van der Waals surface area contributed by atoms with E-state index < -0.39 is 11.4 Å². The van der Waals surface area contributed by atoms with Crippen molar-refractivity contribution in [2.45, 2.75) is 25.0 Å². The molecule has 1 aliphatic carbocycles. The van der Waals surface area contributed by atoms with Crippen LogP contribution < -0.4 is 21.5 Å². The van der Waals surface area contributed by atoms with Crippen molar-refractivity contribution in [2.75, 3.05) is 24.8 Å². The molecule has 3 N–H and O–H groups in total. The molecule has 1 aliphatic rings. The first-order chi connectivity index (χ1) is 17.0. The Morgan fingerprint density at radius 1 is 1.26 bits per heavy atom. The summed E-state index contributed by atoms with van der Waals surface area (Å²) in [5.41, 5.74) is 0.226. The number of pyridine rings is 2. The first-order valence-corrected chi connectivity index (χ1v) is 11.0. The molecule has 2 atom stereocenters. The first-order valence-electron chi connectivity index (χ1n) is 11.0. The number of carbonyl (C=O) groups is 1. The number of rotatable bonds is 7. The predicted molar refractivity (Wildman–Crippen MR) is 127 cm³/mol. The van der Waals surface area contributed by atoms with Crippen molar-refractivity contribution in [1.29, 1.82) is 0 Å². The van der Waals surface area contributed by atoms with Crippen LogP contribution in [0.5, 0.6) is 0 Å². The molecule has 0 bridgehead atoms. The van der Waals surface area contributed by atoms with Crippen molar-refractivity contribution in [3.8, 4) is 5.82 Å². The van der Waals surface area contributed by atoms with Gasteiger partial charge in [0.15, 0.2) is 17.3 Å². The molecule has 180 valence electrons. The molecule has 4 aromatic heterocycles. The zero-order chi connectivity index (χ0) is 24.5. The molecule has 35 heavy (non-hydrogen) atoms. The molecule has 1 saturated carbocycles. The highest BCUT2D eigenvalue weighted by Crippen LogP contribution is 2.25. The second-order valence-electron chi connectivity index (χ2n) is 8.03. The van der Waals surface area contributed by atoms with E-state index in [4.69, 9.17) is 4.74 Å². The summed E-state index contributed by atoms with van der Waals surface area (Å²) in [6, 6.07) is 7.40. The lowest BCUT2D eigenvalue weighted by molar-refractivity contribution is 0.00732. The van der Waals surface area contributed by atoms with Crippen molar-refractivity contribution >= 4 is 28.9 Å². The number of nitrogens with zero attached hydrogens (tertiary/aromatic N) is 5. The fourth-order valence-electron chi connectivity index (χ4n) is 3.98. The average Bonchev–Trinajstić information content (AvgIpc) is 3.27. The minimum Gasteiger partial charge on any atom is -0.379 e. The summed E-state index contributed by atoms with van der Waals surface area (Å²) >= 11 is 0. The fraction of sp³-hybridized carbons (Fsp3) is 0.261. The van der Waals surface area contributed by atoms with Crippen LogP contribution in [0.3, 0.4) is 0 Å². The van der Waals surface area contributed by atoms with Crippen molar-refractivity contribution in [3.05, 3.63) is 70.7 Å². The van der Waals surface area contributed by atoms with Crippen molar-refractivity contribution in [2.24, 2.45) is 0 Å². The third-order valence-corrected chi connectivity index (χ3v) is 5.98. The molecule has 0 spiro atoms. The standard InChI is InChI=1S/C23H23FN8O3/c1-25-19-11-18(28-16-6-4-10-31(23(16)34)21-14(24)5-3-9-26-21)30-20-13(12-27-32(19)20)22(33)29-15-7-8-17(15)35-2/h3-6,9-12,15,17,25H,7-8H2,1-2H3,(H,28,30)(H,29,33)/t15-,17+/m0/s1. The molecular formula is C23H23FN8O3. The minimum absolute atomic E-state index is 0.0111. The minimum atomic E-state index is -0.624. The summed E-state index contributed by atoms with van der Waals surface area (Å²) in [6.45, 7) is 0. The number of carbonyl (C=O) groups excluding carboxylic acids is 1. The van der Waals surface area contributed by atoms with E-state index in [9.17, 15) is 14.0 Å². The molecule has 0 radical (unpaired) electrons. The van der Waals surface area contributed by atoms with Gasteiger partial charge in [-0.15, -0.1) is 0 Å². The first kappa shape index (κ1) is 22.5. The number of fused-ring (bicyclic) bond motifs is 1. The van der Waals surface area contributed by atoms with E-state index in [1.54, 1.807) is 32.4 Å². The zero-order valence-corrected chi connectivity index (χ0v) is 19.0. The maximum absolute atomic E-state index is 14.2. The summed E-state index contributed by atoms with van der Waals surface area (Å²) < 4.78 is 22.2. The Balaban J connectivity index is 1.49. The molecule has 1 amide bonds. The topological polar surface area (TPSA) is 127 Å². The Hall–Kier alpha value is -4.32. The highest BCUT2D eigenvalue weighted by atomic mass is 19.1. The molecule has 12 heteroatoms. The van der Waals surface area contributed by atoms with Gasteiger partial charge in [-0.3, -0.25) is 14.2 Å². The van der Waals surface area contributed by atoms with E-state index in [0.717, 1.165) is 17.4 Å². The normalized spacial score (nSPS) is 17.1. The van der Waals surface area contributed by atoms with Crippen LogP contribution in [0.2, 0.25) is 0 Å². The van der Waals surface area contributed by atoms with Gasteiger partial charge in [0, 0.05) is 32.6 Å². The van der Waals surface area contributed by atoms with Gasteiger partial charge >= 0.3 is 0 Å². The Morgan fingerprint density at radius 2 is 2.11 bits per heavy atom. The van der Waals surface area contributed by atoms with Gasteiger partial charge in [0.05, 0.1) is 18.3 Å². The average molecular weight is 478 g/mol. The summed E-state index contributed by atoms with van der Waals surface area (Å²) in [7, 11) is 3.33. The molecule has 0 unspecified atom stereocenters. The number of nitrogens with one attached hydrogen (secondary N) is 3. The summed E-state index contributed by atoms with van der Waals surface area (Å²) in [5, 5.41) is 13.2. The van der Waals surface area contributed by atoms with Crippen LogP contribution in [0.1, 0.15) is 23.2 Å². The van der Waals surface area contributed by atoms with E-state index in [2.05, 4.69) is 31.0 Å². The number of aromatic nitrogens is 5. The molecule has 0 aliphatic heterocycles. The van der Waals surface area contributed by atoms with Gasteiger partial charge < -0.3 is 20.7 Å². The third-order valence-electron chi connectivity index (χ3n) is 5.98. The van der Waals surface area contributed by atoms with Gasteiger partial charge in [-0.1, -0.05) is 0 Å². The number of anilines is 3. The van der Waals surface area contributed by atoms with Gasteiger partial charge in [-0.25, -0.2) is 14.4 Å². The van der Waals surface area contributed by atoms with Crippen molar-refractivity contribution in [1.82, 2.24) is 29.5 Å². The molecule has 11 nitrogen and oxygen atoms in total. The fourth-order valence-corrected chi connectivity index (χ4v) is 3.98. The number of ether oxygens (including phenoxy) is 1. The smallest absolute Gasteiger partial charge is 0.280 e. The van der Waals surface area contributed by atoms with Gasteiger partial charge in [0.1, 0.15) is 22.9 Å². The van der Waals surface area contributed by atoms with E-state index in [1.807, 2.05) is 0 Å². The molecule has 0 aromatic carbocycles. The van der Waals surface area contributed by atoms with Crippen molar-refractivity contribution in [3.63, 3.8) is 0 Å². The summed E-state index contributed by atoms with van der Waals surface area (Å²) in [6.07, 6.45) is 6.00. The Bertz CT molecular complexity index is 1460. The van der Waals surface area contributed by atoms with Crippen LogP contribution in [0.25, 0.3) is 11.5 Å². The van der Waals surface area contributed by atoms with Gasteiger partial charge in [0.2, 0.25) is 0 Å². The Morgan fingerprint density at radius 3 is 2.83 bits per heavy atom. The van der Waals surface area contributed by atoms with Crippen LogP contribution in [-0.4, -0.2) is 56.4 Å². The number of hydrogen-bond acceptors (Lipinski definition) is 8. The second kappa shape index (κ2) is 9.14. The Labute approximate surface area is 199 Å². The SMILES string of the molecule is CNc1cc(Nc2cccn(-c3ncccc3F)c2=O)nc2c(C(=O)N[C@H]3CC[C@H]3OC)cnn12. The van der Waals surface area contributed by atoms with E-state index in [1.165, 1.54) is 35.2 Å². The number of halogens is 1. The zero-order valence-electron chi connectivity index (χ0n) is 19.0. The lowest BCUT2D eigenvalue weighted by Crippen LogP contribution is -2.51. The van der Waals surface area contributed by atoms with Crippen LogP contribution >= 0.6 is 0 Å². The van der Waals surface area contributed by atoms with E-state index in [0.29, 0.717) is 17.3 Å². The Kier molecular flexibility index (Phi) is 5.87. The summed E-state index contributed by atoms with van der Waals surface area (Å²) in [5.74, 6) is -0.208. The molecular weight excluding hydrogens is 455 g/mol. The van der Waals surface area contributed by atoms with E-state index in [-0.39, 0.29) is 35.1 Å². The number of amides is 1. The number of hydrogen-bond donors (Lipinski definition) is 3. The monoisotopic (exact) mass is 478 g/mol. The lowest BCUT2D eigenvalue weighted by atomic mass is 9.89. The molecule has 4 heterocycles. The van der Waals surface area contributed by atoms with Crippen LogP contribution in [0.15, 0.2) is 53.7 Å². The maximum atomic E-state index is 14.2. The predicted octanol–water partition coefficient (Wildman–Crippen LogP) is 2.11. The molecule has 5 rings (SSSR count). The van der Waals surface area contributed by atoms with Crippen molar-refractivity contribution < 1.29 is 13.9 Å². The quantitative estimate of drug-likeness (QED) is 0.369. The highest BCUT2D eigenvalue weighted by molar-refractivity contribution is 6.00. The van der Waals surface area contributed by atoms with Gasteiger partial charge in [-0.05, 0) is 37.1 Å². The van der Waals surface area contributed by atoms with Crippen LogP contribution in [0, 0.1) is 5.82 Å². The molecule has 4 aromatic rings. The molecule has 1 fully saturated rings. The van der Waals surface area contributed by atoms with Crippen LogP contribution in [0.4, 0.5) is 21.7 Å². The maximum Gasteiger partial charge on any atom is 0.280 e. The lowest BCUT2D eigenvalue weighted by Gasteiger charge is -2.35. The van der Waals surface area contributed by atoms with Gasteiger partial charge in [0.25, 0.3) is 11.5 Å². The third kappa shape index (κ3) is 4.08. The largest absolute Gasteiger partial charge is 0.379 e. The summed E-state index contributed by atoms with van der Waals surface area (Å²) in [4.78, 5) is 34.5. The highest BCUT2D eigenvalue weighted by Gasteiger charge is 2.33. The van der Waals surface area contributed by atoms with E-state index >= 15 is 0 Å². The van der Waals surface area contributed by atoms with Crippen LogP contribution in [-0.2, 0) is 4.74 Å².